The Hall–Kier alpha value is -2.63. The lowest BCUT2D eigenvalue weighted by Gasteiger charge is -2.11. The van der Waals surface area contributed by atoms with Crippen molar-refractivity contribution in [2.75, 3.05) is 6.54 Å². The van der Waals surface area contributed by atoms with Crippen LogP contribution in [0.5, 0.6) is 0 Å². The lowest BCUT2D eigenvalue weighted by molar-refractivity contribution is -0.141. The van der Waals surface area contributed by atoms with E-state index in [-0.39, 0.29) is 18.9 Å². The van der Waals surface area contributed by atoms with Crippen molar-refractivity contribution in [3.63, 3.8) is 0 Å². The molecular formula is C19H24N2O4. The van der Waals surface area contributed by atoms with Crippen LogP contribution in [-0.4, -0.2) is 28.5 Å². The molecule has 0 saturated heterocycles. The van der Waals surface area contributed by atoms with E-state index >= 15 is 0 Å². The zero-order chi connectivity index (χ0) is 18.2. The van der Waals surface area contributed by atoms with Gasteiger partial charge < -0.3 is 14.8 Å². The summed E-state index contributed by atoms with van der Waals surface area (Å²) in [7, 11) is 0. The van der Waals surface area contributed by atoms with Crippen molar-refractivity contribution >= 4 is 11.9 Å². The lowest BCUT2D eigenvalue weighted by Crippen LogP contribution is -2.33. The maximum atomic E-state index is 11.9. The van der Waals surface area contributed by atoms with E-state index < -0.39 is 11.9 Å². The third-order valence-electron chi connectivity index (χ3n) is 3.97. The molecule has 6 heteroatoms. The summed E-state index contributed by atoms with van der Waals surface area (Å²) in [6.07, 6.45) is 1.91. The number of aryl methyl sites for hydroxylation is 2. The number of carboxylic acids is 1. The molecule has 0 spiro atoms. The molecule has 2 aromatic rings. The molecule has 6 nitrogen and oxygen atoms in total. The molecule has 1 unspecified atom stereocenters. The number of aromatic nitrogens is 1. The number of carbonyl (C=O) groups is 2. The molecule has 1 aromatic carbocycles. The fourth-order valence-electron chi connectivity index (χ4n) is 2.62. The van der Waals surface area contributed by atoms with Crippen molar-refractivity contribution in [2.45, 2.75) is 39.5 Å². The van der Waals surface area contributed by atoms with E-state index in [9.17, 15) is 9.59 Å². The Morgan fingerprint density at radius 3 is 2.64 bits per heavy atom. The smallest absolute Gasteiger partial charge is 0.308 e. The van der Waals surface area contributed by atoms with Crippen LogP contribution in [0, 0.1) is 12.8 Å². The van der Waals surface area contributed by atoms with Gasteiger partial charge in [0, 0.05) is 24.9 Å². The number of nitrogens with one attached hydrogen (secondary N) is 1. The number of carbonyl (C=O) groups excluding carboxylic acids is 1. The molecule has 25 heavy (non-hydrogen) atoms. The van der Waals surface area contributed by atoms with Gasteiger partial charge in [0.05, 0.1) is 11.6 Å². The maximum Gasteiger partial charge on any atom is 0.308 e. The molecule has 0 saturated carbocycles. The monoisotopic (exact) mass is 344 g/mol. The number of amides is 1. The van der Waals surface area contributed by atoms with E-state index in [4.69, 9.17) is 9.52 Å². The summed E-state index contributed by atoms with van der Waals surface area (Å²) in [5.74, 6) is -0.389. The van der Waals surface area contributed by atoms with Gasteiger partial charge in [-0.15, -0.1) is 0 Å². The summed E-state index contributed by atoms with van der Waals surface area (Å²) >= 11 is 0. The van der Waals surface area contributed by atoms with Crippen molar-refractivity contribution in [1.29, 1.82) is 0 Å². The van der Waals surface area contributed by atoms with Crippen molar-refractivity contribution in [1.82, 2.24) is 10.3 Å². The van der Waals surface area contributed by atoms with E-state index in [1.54, 1.807) is 0 Å². The Balaban J connectivity index is 1.87. The third kappa shape index (κ3) is 5.45. The molecule has 0 fully saturated rings. The van der Waals surface area contributed by atoms with E-state index in [0.29, 0.717) is 24.5 Å². The molecule has 0 aliphatic heterocycles. The summed E-state index contributed by atoms with van der Waals surface area (Å²) in [5.41, 5.74) is 1.74. The fraction of sp³-hybridized carbons (Fsp3) is 0.421. The van der Waals surface area contributed by atoms with Crippen molar-refractivity contribution in [3.05, 3.63) is 41.9 Å². The Morgan fingerprint density at radius 2 is 2.00 bits per heavy atom. The highest BCUT2D eigenvalue weighted by Crippen LogP contribution is 2.24. The number of hydrogen-bond donors (Lipinski definition) is 2. The fourth-order valence-corrected chi connectivity index (χ4v) is 2.62. The molecule has 134 valence electrons. The first-order chi connectivity index (χ1) is 12.0. The minimum absolute atomic E-state index is 0.155. The molecule has 0 radical (unpaired) electrons. The second-order valence-electron chi connectivity index (χ2n) is 6.02. The van der Waals surface area contributed by atoms with Crippen LogP contribution in [0.1, 0.15) is 37.8 Å². The van der Waals surface area contributed by atoms with E-state index in [2.05, 4.69) is 10.3 Å². The molecular weight excluding hydrogens is 320 g/mol. The molecule has 0 bridgehead atoms. The zero-order valence-corrected chi connectivity index (χ0v) is 14.6. The SMILES string of the molecule is CCCC(CNC(=O)CCc1nc(C)c(-c2ccccc2)o1)C(=O)O. The standard InChI is InChI=1S/C19H24N2O4/c1-3-7-15(19(23)24)12-20-16(22)10-11-17-21-13(2)18(25-17)14-8-5-4-6-9-14/h4-6,8-9,15H,3,7,10-12H2,1-2H3,(H,20,22)(H,23,24). The van der Waals surface area contributed by atoms with Crippen LogP contribution >= 0.6 is 0 Å². The Labute approximate surface area is 147 Å². The molecule has 1 atom stereocenters. The third-order valence-corrected chi connectivity index (χ3v) is 3.97. The van der Waals surface area contributed by atoms with E-state index in [1.165, 1.54) is 0 Å². The van der Waals surface area contributed by atoms with Crippen LogP contribution in [-0.2, 0) is 16.0 Å². The molecule has 1 amide bonds. The topological polar surface area (TPSA) is 92.4 Å². The second-order valence-corrected chi connectivity index (χ2v) is 6.02. The molecule has 1 heterocycles. The summed E-state index contributed by atoms with van der Waals surface area (Å²) in [5, 5.41) is 11.8. The number of aliphatic carboxylic acids is 1. The van der Waals surface area contributed by atoms with Crippen LogP contribution in [0.3, 0.4) is 0 Å². The number of hydrogen-bond acceptors (Lipinski definition) is 4. The predicted molar refractivity (Wildman–Crippen MR) is 94.0 cm³/mol. The highest BCUT2D eigenvalue weighted by atomic mass is 16.4. The van der Waals surface area contributed by atoms with Gasteiger partial charge >= 0.3 is 5.97 Å². The first-order valence-corrected chi connectivity index (χ1v) is 8.52. The van der Waals surface area contributed by atoms with Gasteiger partial charge in [-0.25, -0.2) is 4.98 Å². The average molecular weight is 344 g/mol. The van der Waals surface area contributed by atoms with Crippen molar-refractivity contribution in [3.8, 4) is 11.3 Å². The highest BCUT2D eigenvalue weighted by molar-refractivity contribution is 5.77. The first kappa shape index (κ1) is 18.7. The lowest BCUT2D eigenvalue weighted by atomic mass is 10.0. The quantitative estimate of drug-likeness (QED) is 0.729. The van der Waals surface area contributed by atoms with Gasteiger partial charge in [0.25, 0.3) is 0 Å². The van der Waals surface area contributed by atoms with Crippen LogP contribution in [0.15, 0.2) is 34.7 Å². The minimum Gasteiger partial charge on any atom is -0.481 e. The number of nitrogens with zero attached hydrogens (tertiary/aromatic N) is 1. The van der Waals surface area contributed by atoms with Gasteiger partial charge in [-0.05, 0) is 13.3 Å². The molecule has 0 aliphatic carbocycles. The largest absolute Gasteiger partial charge is 0.481 e. The molecule has 0 aliphatic rings. The van der Waals surface area contributed by atoms with Crippen LogP contribution in [0.25, 0.3) is 11.3 Å². The van der Waals surface area contributed by atoms with Gasteiger partial charge in [-0.2, -0.15) is 0 Å². The Morgan fingerprint density at radius 1 is 1.28 bits per heavy atom. The number of rotatable bonds is 9. The first-order valence-electron chi connectivity index (χ1n) is 8.52. The Bertz CT molecular complexity index is 709. The van der Waals surface area contributed by atoms with E-state index in [0.717, 1.165) is 17.7 Å². The van der Waals surface area contributed by atoms with Crippen LogP contribution in [0.2, 0.25) is 0 Å². The van der Waals surface area contributed by atoms with Gasteiger partial charge in [0.15, 0.2) is 11.7 Å². The minimum atomic E-state index is -0.877. The van der Waals surface area contributed by atoms with Gasteiger partial charge in [-0.1, -0.05) is 43.7 Å². The molecule has 1 aromatic heterocycles. The second kappa shape index (κ2) is 9.01. The van der Waals surface area contributed by atoms with Gasteiger partial charge in [0.1, 0.15) is 0 Å². The van der Waals surface area contributed by atoms with E-state index in [1.807, 2.05) is 44.2 Å². The molecule has 2 rings (SSSR count). The maximum absolute atomic E-state index is 11.9. The Kier molecular flexibility index (Phi) is 6.74. The normalized spacial score (nSPS) is 11.9. The van der Waals surface area contributed by atoms with Crippen LogP contribution in [0.4, 0.5) is 0 Å². The highest BCUT2D eigenvalue weighted by Gasteiger charge is 2.18. The predicted octanol–water partition coefficient (Wildman–Crippen LogP) is 3.20. The number of oxazole rings is 1. The van der Waals surface area contributed by atoms with Gasteiger partial charge in [0.2, 0.25) is 5.91 Å². The van der Waals surface area contributed by atoms with Crippen molar-refractivity contribution < 1.29 is 19.1 Å². The summed E-state index contributed by atoms with van der Waals surface area (Å²) in [4.78, 5) is 27.4. The zero-order valence-electron chi connectivity index (χ0n) is 14.6. The summed E-state index contributed by atoms with van der Waals surface area (Å²) in [6, 6.07) is 9.69. The number of carboxylic acid groups (broad SMARTS) is 1. The molecule has 2 N–H and O–H groups in total. The summed E-state index contributed by atoms with van der Waals surface area (Å²) < 4.78 is 5.77. The van der Waals surface area contributed by atoms with Gasteiger partial charge in [-0.3, -0.25) is 9.59 Å². The number of benzene rings is 1. The summed E-state index contributed by atoms with van der Waals surface area (Å²) in [6.45, 7) is 3.95. The van der Waals surface area contributed by atoms with Crippen molar-refractivity contribution in [2.24, 2.45) is 5.92 Å². The van der Waals surface area contributed by atoms with Crippen LogP contribution < -0.4 is 5.32 Å². The average Bonchev–Trinajstić information content (AvgIpc) is 2.98.